The Morgan fingerprint density at radius 1 is 0.919 bits per heavy atom. The molecular weight excluding hydrogens is 478 g/mol. The van der Waals surface area contributed by atoms with Crippen LogP contribution in [0.25, 0.3) is 0 Å². The number of nitrogens with zero attached hydrogens (tertiary/aromatic N) is 2. The van der Waals surface area contributed by atoms with E-state index < -0.39 is 0 Å². The van der Waals surface area contributed by atoms with Crippen LogP contribution < -0.4 is 10.2 Å². The van der Waals surface area contributed by atoms with Gasteiger partial charge in [0.15, 0.2) is 0 Å². The average Bonchev–Trinajstić information content (AvgIpc) is 3.57. The lowest BCUT2D eigenvalue weighted by atomic mass is 9.68. The van der Waals surface area contributed by atoms with E-state index in [9.17, 15) is 4.79 Å². The molecule has 4 aliphatic rings. The number of nitrogens with one attached hydrogen (secondary N) is 1. The molecule has 2 saturated carbocycles. The van der Waals surface area contributed by atoms with Crippen LogP contribution in [0.4, 0.5) is 11.4 Å². The number of halogens is 1. The van der Waals surface area contributed by atoms with Gasteiger partial charge in [-0.2, -0.15) is 0 Å². The monoisotopic (exact) mass is 511 g/mol. The predicted molar refractivity (Wildman–Crippen MR) is 151 cm³/mol. The molecule has 2 aliphatic carbocycles. The largest absolute Gasteiger partial charge is 0.378 e. The van der Waals surface area contributed by atoms with Crippen molar-refractivity contribution in [3.05, 3.63) is 94.0 Å². The van der Waals surface area contributed by atoms with E-state index in [1.807, 2.05) is 23.1 Å². The third-order valence-electron chi connectivity index (χ3n) is 9.57. The van der Waals surface area contributed by atoms with Crippen LogP contribution in [0.2, 0.25) is 5.02 Å². The Hall–Kier alpha value is -2.98. The predicted octanol–water partition coefficient (Wildman–Crippen LogP) is 6.91. The highest BCUT2D eigenvalue weighted by Crippen LogP contribution is 2.63. The first-order valence-corrected chi connectivity index (χ1v) is 14.2. The Bertz CT molecular complexity index is 1330. The zero-order chi connectivity index (χ0) is 25.1. The zero-order valence-electron chi connectivity index (χ0n) is 21.4. The van der Waals surface area contributed by atoms with Crippen molar-refractivity contribution in [3.63, 3.8) is 0 Å². The first kappa shape index (κ1) is 23.2. The Labute approximate surface area is 224 Å². The zero-order valence-corrected chi connectivity index (χ0v) is 22.1. The van der Waals surface area contributed by atoms with E-state index in [1.54, 1.807) is 0 Å². The van der Waals surface area contributed by atoms with E-state index in [0.29, 0.717) is 17.9 Å². The number of hydrogen-bond acceptors (Lipinski definition) is 3. The summed E-state index contributed by atoms with van der Waals surface area (Å²) in [5.74, 6) is 2.86. The number of aryl methyl sites for hydroxylation is 1. The fraction of sp³-hybridized carbons (Fsp3) is 0.406. The third kappa shape index (κ3) is 3.92. The van der Waals surface area contributed by atoms with Crippen LogP contribution in [0.15, 0.2) is 66.7 Å². The first-order valence-electron chi connectivity index (χ1n) is 13.8. The summed E-state index contributed by atoms with van der Waals surface area (Å²) in [4.78, 5) is 18.0. The van der Waals surface area contributed by atoms with Crippen LogP contribution in [0.3, 0.4) is 0 Å². The van der Waals surface area contributed by atoms with Crippen LogP contribution in [0, 0.1) is 24.7 Å². The molecule has 1 amide bonds. The van der Waals surface area contributed by atoms with Crippen LogP contribution in [-0.4, -0.2) is 37.0 Å². The summed E-state index contributed by atoms with van der Waals surface area (Å²) >= 11 is 6.26. The standard InChI is InChI=1S/C32H34ClN3O/c1-20-7-11-25(33)19-28(20)35-13-15-36(16-14-35)32(37)24-10-12-27-26(18-24)29-22-8-9-23(17-22)30(29)31(34-27)21-5-3-2-4-6-21/h2-7,10-12,18-19,22-23,29-31,34H,8-9,13-17H2,1H3/t22-,23-,29-,30+,31+/m0/s1. The van der Waals surface area contributed by atoms with Crippen LogP contribution in [0.1, 0.15) is 58.3 Å². The van der Waals surface area contributed by atoms with E-state index >= 15 is 0 Å². The molecule has 4 nitrogen and oxygen atoms in total. The molecular formula is C32H34ClN3O. The highest BCUT2D eigenvalue weighted by Gasteiger charge is 2.53. The van der Waals surface area contributed by atoms with Crippen LogP contribution in [0.5, 0.6) is 0 Å². The molecule has 2 aliphatic heterocycles. The average molecular weight is 512 g/mol. The van der Waals surface area contributed by atoms with E-state index in [1.165, 1.54) is 47.3 Å². The second-order valence-electron chi connectivity index (χ2n) is 11.5. The molecule has 3 fully saturated rings. The summed E-state index contributed by atoms with van der Waals surface area (Å²) in [5.41, 5.74) is 7.23. The molecule has 190 valence electrons. The fourth-order valence-electron chi connectivity index (χ4n) is 7.87. The Morgan fingerprint density at radius 3 is 2.51 bits per heavy atom. The number of amides is 1. The van der Waals surface area contributed by atoms with Crippen molar-refractivity contribution in [1.29, 1.82) is 0 Å². The van der Waals surface area contributed by atoms with Crippen molar-refractivity contribution in [1.82, 2.24) is 4.90 Å². The second kappa shape index (κ2) is 9.09. The van der Waals surface area contributed by atoms with Gasteiger partial charge in [0.1, 0.15) is 0 Å². The van der Waals surface area contributed by atoms with Gasteiger partial charge in [-0.1, -0.05) is 48.0 Å². The number of carbonyl (C=O) groups is 1. The summed E-state index contributed by atoms with van der Waals surface area (Å²) in [6, 6.07) is 23.8. The fourth-order valence-corrected chi connectivity index (χ4v) is 8.03. The van der Waals surface area contributed by atoms with Crippen LogP contribution >= 0.6 is 11.6 Å². The van der Waals surface area contributed by atoms with E-state index in [4.69, 9.17) is 11.6 Å². The quantitative estimate of drug-likeness (QED) is 0.415. The van der Waals surface area contributed by atoms with Gasteiger partial charge in [-0.3, -0.25) is 4.79 Å². The van der Waals surface area contributed by atoms with Crippen molar-refractivity contribution in [2.75, 3.05) is 36.4 Å². The topological polar surface area (TPSA) is 35.6 Å². The van der Waals surface area contributed by atoms with Gasteiger partial charge >= 0.3 is 0 Å². The van der Waals surface area contributed by atoms with Gasteiger partial charge in [0.05, 0.1) is 6.04 Å². The smallest absolute Gasteiger partial charge is 0.253 e. The van der Waals surface area contributed by atoms with Gasteiger partial charge in [-0.15, -0.1) is 0 Å². The lowest BCUT2D eigenvalue weighted by Gasteiger charge is -2.44. The number of rotatable bonds is 3. The maximum Gasteiger partial charge on any atom is 0.253 e. The lowest BCUT2D eigenvalue weighted by molar-refractivity contribution is 0.0746. The molecule has 0 radical (unpaired) electrons. The molecule has 0 aromatic heterocycles. The highest BCUT2D eigenvalue weighted by molar-refractivity contribution is 6.30. The molecule has 5 heteroatoms. The van der Waals surface area contributed by atoms with E-state index in [0.717, 1.165) is 48.6 Å². The van der Waals surface area contributed by atoms with Gasteiger partial charge < -0.3 is 15.1 Å². The molecule has 3 aromatic carbocycles. The third-order valence-corrected chi connectivity index (χ3v) is 9.81. The maximum absolute atomic E-state index is 13.7. The summed E-state index contributed by atoms with van der Waals surface area (Å²) in [7, 11) is 0. The van der Waals surface area contributed by atoms with Gasteiger partial charge in [0.2, 0.25) is 0 Å². The SMILES string of the molecule is Cc1ccc(Cl)cc1N1CCN(C(=O)c2ccc3c(c2)[C@@H]2[C@H]4CC[C@@H](C4)[C@H]2[C@@H](c2ccccc2)N3)CC1. The second-order valence-corrected chi connectivity index (χ2v) is 11.9. The molecule has 1 saturated heterocycles. The van der Waals surface area contributed by atoms with Crippen molar-refractivity contribution in [2.45, 2.75) is 38.1 Å². The van der Waals surface area contributed by atoms with E-state index in [-0.39, 0.29) is 5.91 Å². The molecule has 7 rings (SSSR count). The maximum atomic E-state index is 13.7. The molecule has 0 unspecified atom stereocenters. The minimum Gasteiger partial charge on any atom is -0.378 e. The molecule has 1 N–H and O–H groups in total. The molecule has 0 spiro atoms. The Morgan fingerprint density at radius 2 is 1.70 bits per heavy atom. The van der Waals surface area contributed by atoms with Crippen LogP contribution in [-0.2, 0) is 0 Å². The molecule has 37 heavy (non-hydrogen) atoms. The number of benzene rings is 3. The minimum atomic E-state index is 0.162. The van der Waals surface area contributed by atoms with Gasteiger partial charge in [-0.25, -0.2) is 0 Å². The molecule has 2 heterocycles. The van der Waals surface area contributed by atoms with Crippen molar-refractivity contribution in [3.8, 4) is 0 Å². The lowest BCUT2D eigenvalue weighted by Crippen LogP contribution is -2.49. The number of piperazine rings is 1. The number of anilines is 2. The summed E-state index contributed by atoms with van der Waals surface area (Å²) in [6.07, 6.45) is 4.01. The van der Waals surface area contributed by atoms with Crippen molar-refractivity contribution in [2.24, 2.45) is 17.8 Å². The number of hydrogen-bond donors (Lipinski definition) is 1. The highest BCUT2D eigenvalue weighted by atomic mass is 35.5. The van der Waals surface area contributed by atoms with Crippen molar-refractivity contribution < 1.29 is 4.79 Å². The molecule has 3 aromatic rings. The summed E-state index contributed by atoms with van der Waals surface area (Å²) in [5, 5.41) is 4.67. The number of carbonyl (C=O) groups excluding carboxylic acids is 1. The Kier molecular flexibility index (Phi) is 5.69. The first-order chi connectivity index (χ1) is 18.1. The Balaban J connectivity index is 1.13. The molecule has 2 bridgehead atoms. The summed E-state index contributed by atoms with van der Waals surface area (Å²) < 4.78 is 0. The number of fused-ring (bicyclic) bond motifs is 7. The van der Waals surface area contributed by atoms with Gasteiger partial charge in [-0.05, 0) is 96.9 Å². The van der Waals surface area contributed by atoms with Crippen molar-refractivity contribution >= 4 is 28.9 Å². The van der Waals surface area contributed by atoms with Gasteiger partial charge in [0.25, 0.3) is 5.91 Å². The summed E-state index contributed by atoms with van der Waals surface area (Å²) in [6.45, 7) is 5.23. The minimum absolute atomic E-state index is 0.162. The van der Waals surface area contributed by atoms with E-state index in [2.05, 4.69) is 65.7 Å². The van der Waals surface area contributed by atoms with Gasteiger partial charge in [0, 0.05) is 48.1 Å². The normalized spacial score (nSPS) is 28.0. The molecule has 5 atom stereocenters.